The summed E-state index contributed by atoms with van der Waals surface area (Å²) in [6, 6.07) is 22.4. The Hall–Kier alpha value is -8.74. The summed E-state index contributed by atoms with van der Waals surface area (Å²) in [7, 11) is 1.84. The second-order valence-corrected chi connectivity index (χ2v) is 23.0. The normalized spacial score (nSPS) is 12.8. The van der Waals surface area contributed by atoms with Crippen molar-refractivity contribution in [3.8, 4) is 5.75 Å². The zero-order valence-electron chi connectivity index (χ0n) is 54.2. The number of carbonyl (C=O) groups is 10. The second-order valence-electron chi connectivity index (χ2n) is 22.9. The minimum atomic E-state index is -1.23. The van der Waals surface area contributed by atoms with Crippen LogP contribution in [0.25, 0.3) is 16.3 Å². The molecule has 9 N–H and O–H groups in total. The van der Waals surface area contributed by atoms with Crippen LogP contribution in [0.1, 0.15) is 133 Å². The minimum Gasteiger partial charge on any atom is -0.508 e. The number of carboxylic acid groups (broad SMARTS) is 1. The number of aliphatic imine (C=N–C) groups is 1. The fourth-order valence-electron chi connectivity index (χ4n) is 10.5. The van der Waals surface area contributed by atoms with E-state index in [9.17, 15) is 58.2 Å². The highest BCUT2D eigenvalue weighted by Crippen LogP contribution is 2.42. The number of benzene rings is 4. The number of rotatable bonds is 45. The van der Waals surface area contributed by atoms with Crippen LogP contribution in [-0.4, -0.2) is 173 Å². The van der Waals surface area contributed by atoms with Crippen LogP contribution in [0.3, 0.4) is 0 Å². The molecule has 0 aliphatic heterocycles. The predicted octanol–water partition coefficient (Wildman–Crippen LogP) is 6.63. The summed E-state index contributed by atoms with van der Waals surface area (Å²) < 4.78 is 21.7. The fourth-order valence-corrected chi connectivity index (χ4v) is 10.5. The van der Waals surface area contributed by atoms with E-state index >= 15 is 0 Å². The van der Waals surface area contributed by atoms with Gasteiger partial charge in [-0.3, -0.25) is 43.2 Å². The van der Waals surface area contributed by atoms with Crippen LogP contribution in [0.15, 0.2) is 113 Å². The number of unbranched alkanes of at least 4 members (excludes halogenated alkanes) is 2. The van der Waals surface area contributed by atoms with Crippen molar-refractivity contribution in [1.82, 2.24) is 26.6 Å². The van der Waals surface area contributed by atoms with Gasteiger partial charge in [0.15, 0.2) is 5.78 Å². The number of allylic oxidation sites excluding steroid dienone is 5. The predicted molar refractivity (Wildman–Crippen MR) is 362 cm³/mol. The monoisotopic (exact) mass is 1330 g/mol. The Labute approximate surface area is 559 Å². The zero-order chi connectivity index (χ0) is 68.7. The Kier molecular flexibility index (Phi) is 35.1. The van der Waals surface area contributed by atoms with Crippen LogP contribution in [0.5, 0.6) is 5.75 Å². The number of phenols is 1. The summed E-state index contributed by atoms with van der Waals surface area (Å²) in [6.07, 6.45) is 11.1. The summed E-state index contributed by atoms with van der Waals surface area (Å²) in [4.78, 5) is 126. The molecule has 0 radical (unpaired) electrons. The van der Waals surface area contributed by atoms with E-state index in [4.69, 9.17) is 24.7 Å². The van der Waals surface area contributed by atoms with Crippen molar-refractivity contribution in [3.63, 3.8) is 0 Å². The van der Waals surface area contributed by atoms with Crippen molar-refractivity contribution in [2.75, 3.05) is 92.6 Å². The molecule has 0 bridgehead atoms. The SMILES string of the molecule is CC(=O)CCOCCCC(=O)CCOCCNC(=O)C(CCCCNC(=O)CCOCCN=C=S)CC(=O)Cc1ccc2ccccc2c1.CNCCCCC(NC(=O)CCOCCNC(=O)c1ccc(C2=C3C=CC(=O)C=C3Cc3cc(O)ccc32)c(C(=O)O)c1)C(N)=O. The van der Waals surface area contributed by atoms with E-state index in [1.807, 2.05) is 49.5 Å². The third-order valence-electron chi connectivity index (χ3n) is 15.4. The largest absolute Gasteiger partial charge is 0.508 e. The summed E-state index contributed by atoms with van der Waals surface area (Å²) in [5, 5.41) is 38.7. The van der Waals surface area contributed by atoms with Gasteiger partial charge >= 0.3 is 5.97 Å². The highest BCUT2D eigenvalue weighted by Gasteiger charge is 2.29. The molecule has 23 nitrogen and oxygen atoms in total. The van der Waals surface area contributed by atoms with Crippen molar-refractivity contribution < 1.29 is 77.1 Å². The number of phenolic OH excluding ortho intramolecular Hbond substituents is 1. The molecule has 510 valence electrons. The van der Waals surface area contributed by atoms with Crippen LogP contribution < -0.4 is 32.3 Å². The number of nitrogens with zero attached hydrogens (tertiary/aromatic N) is 1. The first-order valence-corrected chi connectivity index (χ1v) is 32.6. The number of isothiocyanates is 1. The van der Waals surface area contributed by atoms with Crippen molar-refractivity contribution in [1.29, 1.82) is 0 Å². The molecule has 4 aromatic carbocycles. The topological polar surface area (TPSA) is 347 Å². The zero-order valence-corrected chi connectivity index (χ0v) is 55.1. The standard InChI is InChI=1S/C37H51N3O8S.C34H38N4O8/c1-29(41)13-20-46-19-6-10-34(42)14-21-47-24-18-40-37(45)33(9-4-5-16-39-36(44)15-22-48-23-17-38-28-49)27-35(43)26-30-11-12-31-7-2-3-8-32(31)25-30;1-36-12-3-2-4-29(32(35)42)38-30(41)11-14-46-15-13-37-33(43)20-5-8-27(28(19-20)34(44)45)31-25-9-6-23(39)17-21(25)16-22-18-24(40)7-10-26(22)31/h2-3,7-8,11-12,25,33H,4-6,9-10,13-24,26-27H2,1H3,(H,39,44)(H,40,45);5-10,17-19,29,36,39H,2-4,11-16H2,1H3,(H2,35,42)(H,37,43)(H,38,41)(H,44,45). The van der Waals surface area contributed by atoms with E-state index in [2.05, 4.69) is 49.0 Å². The van der Waals surface area contributed by atoms with Crippen LogP contribution in [0, 0.1) is 5.92 Å². The third kappa shape index (κ3) is 28.8. The number of nitrogens with one attached hydrogen (secondary N) is 5. The number of ether oxygens (including phenoxy) is 4. The molecular formula is C71H89N7O16S. The fraction of sp³-hybridized carbons (Fsp3) is 0.451. The molecule has 4 aromatic rings. The number of nitrogens with two attached hydrogens (primary N) is 1. The van der Waals surface area contributed by atoms with Gasteiger partial charge in [0.25, 0.3) is 5.91 Å². The molecule has 0 aromatic heterocycles. The average Bonchev–Trinajstić information content (AvgIpc) is 0.750. The quantitative estimate of drug-likeness (QED) is 0.0131. The Balaban J connectivity index is 0.000000344. The molecule has 5 amide bonds. The van der Waals surface area contributed by atoms with Crippen LogP contribution >= 0.6 is 12.2 Å². The van der Waals surface area contributed by atoms with E-state index in [1.54, 1.807) is 24.3 Å². The molecule has 0 fully saturated rings. The van der Waals surface area contributed by atoms with E-state index in [0.29, 0.717) is 113 Å². The van der Waals surface area contributed by atoms with Crippen molar-refractivity contribution in [2.24, 2.45) is 16.6 Å². The van der Waals surface area contributed by atoms with Crippen molar-refractivity contribution in [3.05, 3.63) is 142 Å². The maximum Gasteiger partial charge on any atom is 0.336 e. The van der Waals surface area contributed by atoms with Crippen LogP contribution in [0.4, 0.5) is 0 Å². The van der Waals surface area contributed by atoms with E-state index in [0.717, 1.165) is 46.8 Å². The molecular weight excluding hydrogens is 1240 g/mol. The molecule has 2 unspecified atom stereocenters. The van der Waals surface area contributed by atoms with E-state index in [1.165, 1.54) is 37.3 Å². The number of carbonyl (C=O) groups excluding carboxylic acids is 9. The number of hydrogen-bond donors (Lipinski definition) is 8. The lowest BCUT2D eigenvalue weighted by Crippen LogP contribution is -2.44. The first-order valence-electron chi connectivity index (χ1n) is 32.2. The Morgan fingerprint density at radius 1 is 0.663 bits per heavy atom. The van der Waals surface area contributed by atoms with E-state index < -0.39 is 29.7 Å². The highest BCUT2D eigenvalue weighted by atomic mass is 32.1. The highest BCUT2D eigenvalue weighted by molar-refractivity contribution is 7.78. The maximum atomic E-state index is 13.2. The van der Waals surface area contributed by atoms with Gasteiger partial charge in [-0.1, -0.05) is 67.1 Å². The number of aromatic hydroxyl groups is 1. The number of Topliss-reactive ketones (excluding diaryl/α,β-unsaturated/α-hetero) is 3. The van der Waals surface area contributed by atoms with Gasteiger partial charge < -0.3 is 61.5 Å². The van der Waals surface area contributed by atoms with Gasteiger partial charge in [0.2, 0.25) is 23.6 Å². The van der Waals surface area contributed by atoms with Crippen molar-refractivity contribution >= 4 is 92.4 Å². The summed E-state index contributed by atoms with van der Waals surface area (Å²) >= 11 is 4.50. The van der Waals surface area contributed by atoms with Gasteiger partial charge in [-0.05, 0) is 164 Å². The summed E-state index contributed by atoms with van der Waals surface area (Å²) in [5.74, 6) is -3.52. The molecule has 0 spiro atoms. The first kappa shape index (κ1) is 77.0. The molecule has 2 atom stereocenters. The molecule has 2 aliphatic rings. The summed E-state index contributed by atoms with van der Waals surface area (Å²) in [5.41, 5.74) is 10.2. The molecule has 95 heavy (non-hydrogen) atoms. The lowest BCUT2D eigenvalue weighted by atomic mass is 9.76. The summed E-state index contributed by atoms with van der Waals surface area (Å²) in [6.45, 7) is 5.74. The Bertz CT molecular complexity index is 3450. The average molecular weight is 1330 g/mol. The minimum absolute atomic E-state index is 0.0124. The molecule has 0 heterocycles. The van der Waals surface area contributed by atoms with Gasteiger partial charge in [0, 0.05) is 82.7 Å². The molecule has 2 aliphatic carbocycles. The van der Waals surface area contributed by atoms with E-state index in [-0.39, 0.29) is 129 Å². The van der Waals surface area contributed by atoms with Crippen LogP contribution in [0.2, 0.25) is 0 Å². The molecule has 6 rings (SSSR count). The molecule has 0 saturated carbocycles. The molecule has 0 saturated heterocycles. The number of primary amides is 1. The second kappa shape index (κ2) is 43.3. The van der Waals surface area contributed by atoms with Gasteiger partial charge in [-0.2, -0.15) is 0 Å². The Morgan fingerprint density at radius 3 is 2.08 bits per heavy atom. The van der Waals surface area contributed by atoms with Crippen LogP contribution in [-0.2, 0) is 70.1 Å². The smallest absolute Gasteiger partial charge is 0.336 e. The lowest BCUT2D eigenvalue weighted by Gasteiger charge is -2.27. The number of ketones is 4. The van der Waals surface area contributed by atoms with Gasteiger partial charge in [-0.15, -0.1) is 0 Å². The van der Waals surface area contributed by atoms with Crippen molar-refractivity contribution in [2.45, 2.75) is 109 Å². The number of thiocarbonyl (C=S) groups is 1. The number of amides is 5. The lowest BCUT2D eigenvalue weighted by molar-refractivity contribution is -0.129. The first-order chi connectivity index (χ1) is 45.9. The maximum absolute atomic E-state index is 13.2. The number of carboxylic acids is 1. The van der Waals surface area contributed by atoms with Gasteiger partial charge in [0.05, 0.1) is 63.5 Å². The number of aromatic carboxylic acids is 1. The number of fused-ring (bicyclic) bond motifs is 3. The number of hydrogen-bond acceptors (Lipinski definition) is 18. The Morgan fingerprint density at radius 2 is 1.35 bits per heavy atom. The van der Waals surface area contributed by atoms with Gasteiger partial charge in [0.1, 0.15) is 29.1 Å². The third-order valence-corrected chi connectivity index (χ3v) is 15.5. The van der Waals surface area contributed by atoms with Gasteiger partial charge in [-0.25, -0.2) is 9.79 Å². The molecule has 24 heteroatoms.